The van der Waals surface area contributed by atoms with Gasteiger partial charge in [-0.05, 0) is 44.1 Å². The first-order valence-electron chi connectivity index (χ1n) is 9.49. The van der Waals surface area contributed by atoms with Crippen molar-refractivity contribution in [3.05, 3.63) is 29.8 Å². The highest BCUT2D eigenvalue weighted by molar-refractivity contribution is 5.43. The molecule has 3 heteroatoms. The summed E-state index contributed by atoms with van der Waals surface area (Å²) in [5.74, 6) is 1.38. The molecule has 24 heavy (non-hydrogen) atoms. The van der Waals surface area contributed by atoms with Crippen LogP contribution < -0.4 is 4.74 Å². The van der Waals surface area contributed by atoms with E-state index in [0.717, 1.165) is 50.0 Å². The summed E-state index contributed by atoms with van der Waals surface area (Å²) in [7, 11) is 0. The number of ether oxygens (including phenoxy) is 2. The first-order chi connectivity index (χ1) is 11.4. The van der Waals surface area contributed by atoms with Crippen LogP contribution in [0.25, 0.3) is 0 Å². The second-order valence-electron chi connectivity index (χ2n) is 8.84. The van der Waals surface area contributed by atoms with Crippen LogP contribution in [0, 0.1) is 16.7 Å². The van der Waals surface area contributed by atoms with E-state index < -0.39 is 5.60 Å². The summed E-state index contributed by atoms with van der Waals surface area (Å²) in [5, 5.41) is 12.0. The minimum absolute atomic E-state index is 0.0753. The van der Waals surface area contributed by atoms with Gasteiger partial charge < -0.3 is 14.6 Å². The van der Waals surface area contributed by atoms with Gasteiger partial charge in [0.15, 0.2) is 6.29 Å². The molecule has 3 aliphatic rings. The molecule has 3 fully saturated rings. The highest BCUT2D eigenvalue weighted by atomic mass is 16.7. The molecule has 2 bridgehead atoms. The molecule has 0 aromatic heterocycles. The average Bonchev–Trinajstić information content (AvgIpc) is 3.05. The van der Waals surface area contributed by atoms with E-state index >= 15 is 0 Å². The van der Waals surface area contributed by atoms with Crippen molar-refractivity contribution in [2.75, 3.05) is 6.61 Å². The normalized spacial score (nSPS) is 40.7. The van der Waals surface area contributed by atoms with E-state index in [9.17, 15) is 5.11 Å². The van der Waals surface area contributed by atoms with Crippen LogP contribution in [0.5, 0.6) is 5.75 Å². The molecule has 1 saturated heterocycles. The topological polar surface area (TPSA) is 38.7 Å². The third-order valence-electron chi connectivity index (χ3n) is 7.24. The SMILES string of the molecule is CC1(C)[C@@H]2CC[C@@](C)(C2)[C@@]1(O)c1ccccc1OC1CCCCO1. The number of benzene rings is 1. The first-order valence-corrected chi connectivity index (χ1v) is 9.49. The molecule has 0 amide bonds. The molecule has 2 saturated carbocycles. The lowest BCUT2D eigenvalue weighted by molar-refractivity contribution is -0.155. The Balaban J connectivity index is 1.73. The van der Waals surface area contributed by atoms with E-state index in [2.05, 4.69) is 26.8 Å². The Morgan fingerprint density at radius 1 is 1.12 bits per heavy atom. The summed E-state index contributed by atoms with van der Waals surface area (Å²) in [6.45, 7) is 7.49. The molecule has 4 atom stereocenters. The van der Waals surface area contributed by atoms with E-state index in [1.54, 1.807) is 0 Å². The van der Waals surface area contributed by atoms with Gasteiger partial charge in [-0.2, -0.15) is 0 Å². The number of hydrogen-bond donors (Lipinski definition) is 1. The molecule has 3 nitrogen and oxygen atoms in total. The maximum absolute atomic E-state index is 12.0. The van der Waals surface area contributed by atoms with Gasteiger partial charge in [0.05, 0.1) is 6.61 Å². The van der Waals surface area contributed by atoms with Crippen LogP contribution in [0.4, 0.5) is 0 Å². The molecule has 0 radical (unpaired) electrons. The molecule has 1 aromatic rings. The standard InChI is InChI=1S/C21H30O3/c1-19(2)15-11-12-20(3,14-15)21(19,22)16-8-4-5-9-17(16)24-18-10-6-7-13-23-18/h4-5,8-9,15,18,22H,6-7,10-14H2,1-3H3/t15-,18?,20+,21-/m1/s1. The van der Waals surface area contributed by atoms with E-state index in [1.807, 2.05) is 18.2 Å². The van der Waals surface area contributed by atoms with Crippen molar-refractivity contribution in [1.29, 1.82) is 0 Å². The van der Waals surface area contributed by atoms with Gasteiger partial charge in [0.2, 0.25) is 0 Å². The van der Waals surface area contributed by atoms with Gasteiger partial charge in [0.1, 0.15) is 11.4 Å². The van der Waals surface area contributed by atoms with Gasteiger partial charge in [-0.3, -0.25) is 0 Å². The number of hydrogen-bond acceptors (Lipinski definition) is 3. The van der Waals surface area contributed by atoms with Crippen molar-refractivity contribution in [2.24, 2.45) is 16.7 Å². The van der Waals surface area contributed by atoms with Gasteiger partial charge in [0.25, 0.3) is 0 Å². The smallest absolute Gasteiger partial charge is 0.199 e. The summed E-state index contributed by atoms with van der Waals surface area (Å²) < 4.78 is 12.0. The summed E-state index contributed by atoms with van der Waals surface area (Å²) in [6, 6.07) is 8.07. The minimum atomic E-state index is -0.853. The second-order valence-corrected chi connectivity index (χ2v) is 8.84. The summed E-state index contributed by atoms with van der Waals surface area (Å²) in [4.78, 5) is 0. The van der Waals surface area contributed by atoms with E-state index in [4.69, 9.17) is 9.47 Å². The monoisotopic (exact) mass is 330 g/mol. The van der Waals surface area contributed by atoms with Crippen LogP contribution in [-0.2, 0) is 10.3 Å². The number of rotatable bonds is 3. The fraction of sp³-hybridized carbons (Fsp3) is 0.714. The number of para-hydroxylation sites is 1. The first kappa shape index (κ1) is 16.4. The van der Waals surface area contributed by atoms with E-state index in [-0.39, 0.29) is 17.1 Å². The Kier molecular flexibility index (Phi) is 3.74. The lowest BCUT2D eigenvalue weighted by Gasteiger charge is -2.51. The van der Waals surface area contributed by atoms with Gasteiger partial charge in [-0.25, -0.2) is 0 Å². The molecule has 4 rings (SSSR count). The molecule has 1 aromatic carbocycles. The van der Waals surface area contributed by atoms with Crippen molar-refractivity contribution in [3.8, 4) is 5.75 Å². The highest BCUT2D eigenvalue weighted by Gasteiger charge is 2.69. The third-order valence-corrected chi connectivity index (χ3v) is 7.24. The highest BCUT2D eigenvalue weighted by Crippen LogP contribution is 2.72. The minimum Gasteiger partial charge on any atom is -0.465 e. The number of aliphatic hydroxyl groups is 1. The van der Waals surface area contributed by atoms with Crippen LogP contribution in [0.3, 0.4) is 0 Å². The van der Waals surface area contributed by atoms with Crippen LogP contribution in [-0.4, -0.2) is 18.0 Å². The molecule has 2 aliphatic carbocycles. The Morgan fingerprint density at radius 2 is 1.92 bits per heavy atom. The van der Waals surface area contributed by atoms with Crippen molar-refractivity contribution < 1.29 is 14.6 Å². The molecule has 1 heterocycles. The van der Waals surface area contributed by atoms with Crippen molar-refractivity contribution in [1.82, 2.24) is 0 Å². The van der Waals surface area contributed by atoms with Crippen LogP contribution in [0.1, 0.15) is 64.9 Å². The molecule has 132 valence electrons. The maximum Gasteiger partial charge on any atom is 0.199 e. The predicted molar refractivity (Wildman–Crippen MR) is 93.8 cm³/mol. The molecule has 1 N–H and O–H groups in total. The zero-order valence-electron chi connectivity index (χ0n) is 15.2. The average molecular weight is 330 g/mol. The van der Waals surface area contributed by atoms with Crippen LogP contribution >= 0.6 is 0 Å². The third kappa shape index (κ3) is 2.10. The van der Waals surface area contributed by atoms with Gasteiger partial charge in [-0.15, -0.1) is 0 Å². The van der Waals surface area contributed by atoms with E-state index in [0.29, 0.717) is 5.92 Å². The molecule has 0 spiro atoms. The maximum atomic E-state index is 12.0. The number of fused-ring (bicyclic) bond motifs is 2. The summed E-state index contributed by atoms with van der Waals surface area (Å²) in [6.07, 6.45) is 6.41. The molecule has 1 unspecified atom stereocenters. The molecule has 1 aliphatic heterocycles. The summed E-state index contributed by atoms with van der Waals surface area (Å²) >= 11 is 0. The van der Waals surface area contributed by atoms with Gasteiger partial charge in [-0.1, -0.05) is 39.0 Å². The quantitative estimate of drug-likeness (QED) is 0.878. The fourth-order valence-corrected chi connectivity index (χ4v) is 5.74. The van der Waals surface area contributed by atoms with Crippen molar-refractivity contribution >= 4 is 0 Å². The Hall–Kier alpha value is -1.06. The van der Waals surface area contributed by atoms with E-state index in [1.165, 1.54) is 6.42 Å². The fourth-order valence-electron chi connectivity index (χ4n) is 5.74. The van der Waals surface area contributed by atoms with Crippen LogP contribution in [0.15, 0.2) is 24.3 Å². The van der Waals surface area contributed by atoms with Crippen molar-refractivity contribution in [3.63, 3.8) is 0 Å². The molecular weight excluding hydrogens is 300 g/mol. The van der Waals surface area contributed by atoms with Crippen molar-refractivity contribution in [2.45, 2.75) is 71.2 Å². The zero-order valence-corrected chi connectivity index (χ0v) is 15.2. The molecular formula is C21H30O3. The van der Waals surface area contributed by atoms with Gasteiger partial charge >= 0.3 is 0 Å². The van der Waals surface area contributed by atoms with Gasteiger partial charge in [0, 0.05) is 22.8 Å². The Labute approximate surface area is 145 Å². The largest absolute Gasteiger partial charge is 0.465 e. The van der Waals surface area contributed by atoms with Crippen LogP contribution in [0.2, 0.25) is 0 Å². The lowest BCUT2D eigenvalue weighted by atomic mass is 9.57. The Morgan fingerprint density at radius 3 is 2.58 bits per heavy atom. The Bertz CT molecular complexity index is 613. The second kappa shape index (κ2) is 5.47. The lowest BCUT2D eigenvalue weighted by Crippen LogP contribution is -2.51. The summed E-state index contributed by atoms with van der Waals surface area (Å²) in [5.41, 5.74) is -0.122. The predicted octanol–water partition coefficient (Wildman–Crippen LogP) is 4.63. The zero-order chi connectivity index (χ0) is 17.0.